The molecule has 1 aromatic rings. The minimum atomic E-state index is -4.69. The number of halogens is 3. The second kappa shape index (κ2) is 5.59. The molecule has 5 nitrogen and oxygen atoms in total. The van der Waals surface area contributed by atoms with Crippen molar-refractivity contribution in [1.29, 1.82) is 0 Å². The van der Waals surface area contributed by atoms with Crippen LogP contribution in [0.1, 0.15) is 20.7 Å². The highest BCUT2D eigenvalue weighted by Crippen LogP contribution is 2.23. The van der Waals surface area contributed by atoms with E-state index in [1.807, 2.05) is 0 Å². The normalized spacial score (nSPS) is 10.8. The molecule has 0 aromatic heterocycles. The van der Waals surface area contributed by atoms with E-state index < -0.39 is 23.9 Å². The van der Waals surface area contributed by atoms with Crippen LogP contribution in [-0.2, 0) is 9.47 Å². The van der Waals surface area contributed by atoms with E-state index in [0.29, 0.717) is 0 Å². The summed E-state index contributed by atoms with van der Waals surface area (Å²) in [5.74, 6) is -1.73. The van der Waals surface area contributed by atoms with Crippen LogP contribution >= 0.6 is 0 Å². The maximum Gasteiger partial charge on any atom is 0.482 e. The number of carbonyl (C=O) groups is 2. The Bertz CT molecular complexity index is 465. The lowest BCUT2D eigenvalue weighted by Crippen LogP contribution is -2.21. The van der Waals surface area contributed by atoms with E-state index in [1.165, 1.54) is 5.32 Å². The molecular formula is C11H10F3NO4. The van der Waals surface area contributed by atoms with Gasteiger partial charge in [-0.1, -0.05) is 0 Å². The van der Waals surface area contributed by atoms with Gasteiger partial charge in [-0.25, -0.2) is 9.59 Å². The molecule has 0 aliphatic carbocycles. The van der Waals surface area contributed by atoms with Crippen molar-refractivity contribution in [3.05, 3.63) is 29.3 Å². The highest BCUT2D eigenvalue weighted by Gasteiger charge is 2.28. The summed E-state index contributed by atoms with van der Waals surface area (Å²) in [5.41, 5.74) is -0.856. The maximum absolute atomic E-state index is 12.2. The highest BCUT2D eigenvalue weighted by atomic mass is 19.4. The molecule has 1 rings (SSSR count). The first kappa shape index (κ1) is 14.8. The Morgan fingerprint density at radius 1 is 1.00 bits per heavy atom. The number of hydrogen-bond acceptors (Lipinski definition) is 5. The first-order valence-electron chi connectivity index (χ1n) is 4.93. The van der Waals surface area contributed by atoms with Crippen LogP contribution in [0.5, 0.6) is 0 Å². The Hall–Kier alpha value is -2.25. The van der Waals surface area contributed by atoms with Crippen LogP contribution in [0, 0.1) is 0 Å². The molecule has 0 heterocycles. The average Bonchev–Trinajstić information content (AvgIpc) is 2.34. The third kappa shape index (κ3) is 4.16. The number of benzene rings is 1. The molecule has 1 aromatic carbocycles. The van der Waals surface area contributed by atoms with Crippen LogP contribution in [-0.4, -0.2) is 32.5 Å². The van der Waals surface area contributed by atoms with Gasteiger partial charge in [0.15, 0.2) is 0 Å². The summed E-state index contributed by atoms with van der Waals surface area (Å²) in [4.78, 5) is 22.6. The van der Waals surface area contributed by atoms with Gasteiger partial charge in [0.2, 0.25) is 0 Å². The van der Waals surface area contributed by atoms with Gasteiger partial charge in [-0.2, -0.15) is 13.2 Å². The largest absolute Gasteiger partial charge is 0.482 e. The van der Waals surface area contributed by atoms with Gasteiger partial charge in [0, 0.05) is 5.69 Å². The number of rotatable bonds is 3. The van der Waals surface area contributed by atoms with Crippen LogP contribution in [0.3, 0.4) is 0 Å². The molecular weight excluding hydrogens is 267 g/mol. The van der Waals surface area contributed by atoms with E-state index >= 15 is 0 Å². The Morgan fingerprint density at radius 3 is 1.74 bits per heavy atom. The molecule has 8 heteroatoms. The predicted octanol–water partition coefficient (Wildman–Crippen LogP) is 2.19. The molecule has 0 radical (unpaired) electrons. The quantitative estimate of drug-likeness (QED) is 0.677. The summed E-state index contributed by atoms with van der Waals surface area (Å²) in [6, 6.07) is 2.93. The minimum Gasteiger partial charge on any atom is -0.465 e. The number of methoxy groups -OCH3 is 2. The van der Waals surface area contributed by atoms with Gasteiger partial charge in [-0.05, 0) is 18.2 Å². The average molecular weight is 277 g/mol. The summed E-state index contributed by atoms with van der Waals surface area (Å²) in [6.07, 6.45) is -4.69. The standard InChI is InChI=1S/C11H10F3NO4/c1-18-9(16)6-3-7(10(17)19-2)5-8(4-6)15-11(12,13)14/h3-5,15H,1-2H3. The van der Waals surface area contributed by atoms with Gasteiger partial charge in [-0.15, -0.1) is 0 Å². The van der Waals surface area contributed by atoms with E-state index in [-0.39, 0.29) is 11.1 Å². The smallest absolute Gasteiger partial charge is 0.465 e. The number of esters is 2. The molecule has 0 unspecified atom stereocenters. The molecule has 0 aliphatic heterocycles. The fraction of sp³-hybridized carbons (Fsp3) is 0.273. The maximum atomic E-state index is 12.2. The minimum absolute atomic E-state index is 0.197. The Labute approximate surface area is 106 Å². The second-order valence-corrected chi connectivity index (χ2v) is 3.40. The summed E-state index contributed by atoms with van der Waals surface area (Å²) in [5, 5.41) is 1.20. The van der Waals surface area contributed by atoms with Crippen molar-refractivity contribution in [3.8, 4) is 0 Å². The zero-order chi connectivity index (χ0) is 14.6. The van der Waals surface area contributed by atoms with Crippen LogP contribution in [0.4, 0.5) is 18.9 Å². The number of anilines is 1. The molecule has 0 aliphatic rings. The summed E-state index contributed by atoms with van der Waals surface area (Å²) >= 11 is 0. The van der Waals surface area contributed by atoms with E-state index in [1.54, 1.807) is 0 Å². The fourth-order valence-corrected chi connectivity index (χ4v) is 1.33. The molecule has 0 amide bonds. The van der Waals surface area contributed by atoms with Crippen LogP contribution in [0.25, 0.3) is 0 Å². The molecule has 0 fully saturated rings. The molecule has 0 spiro atoms. The Morgan fingerprint density at radius 2 is 1.42 bits per heavy atom. The Balaban J connectivity index is 3.24. The van der Waals surface area contributed by atoms with Gasteiger partial charge in [0.1, 0.15) is 0 Å². The van der Waals surface area contributed by atoms with Gasteiger partial charge in [0.05, 0.1) is 25.3 Å². The first-order valence-corrected chi connectivity index (χ1v) is 4.93. The third-order valence-electron chi connectivity index (χ3n) is 2.06. The van der Waals surface area contributed by atoms with Crippen molar-refractivity contribution < 1.29 is 32.2 Å². The zero-order valence-corrected chi connectivity index (χ0v) is 10.00. The predicted molar refractivity (Wildman–Crippen MR) is 58.8 cm³/mol. The molecule has 0 saturated heterocycles. The number of hydrogen-bond donors (Lipinski definition) is 1. The van der Waals surface area contributed by atoms with Crippen molar-refractivity contribution in [2.24, 2.45) is 0 Å². The summed E-state index contributed by atoms with van der Waals surface area (Å²) in [6.45, 7) is 0. The molecule has 19 heavy (non-hydrogen) atoms. The van der Waals surface area contributed by atoms with E-state index in [2.05, 4.69) is 9.47 Å². The molecule has 0 bridgehead atoms. The Kier molecular flexibility index (Phi) is 4.36. The number of alkyl halides is 3. The van der Waals surface area contributed by atoms with Crippen LogP contribution in [0.2, 0.25) is 0 Å². The molecule has 0 atom stereocenters. The van der Waals surface area contributed by atoms with Gasteiger partial charge in [0.25, 0.3) is 0 Å². The lowest BCUT2D eigenvalue weighted by molar-refractivity contribution is -0.0999. The van der Waals surface area contributed by atoms with Crippen molar-refractivity contribution >= 4 is 17.6 Å². The van der Waals surface area contributed by atoms with E-state index in [4.69, 9.17) is 0 Å². The highest BCUT2D eigenvalue weighted by molar-refractivity contribution is 5.96. The van der Waals surface area contributed by atoms with Gasteiger partial charge >= 0.3 is 18.2 Å². The molecule has 0 saturated carbocycles. The summed E-state index contributed by atoms with van der Waals surface area (Å²) in [7, 11) is 2.15. The van der Waals surface area contributed by atoms with Crippen molar-refractivity contribution in [3.63, 3.8) is 0 Å². The van der Waals surface area contributed by atoms with Crippen molar-refractivity contribution in [2.45, 2.75) is 6.30 Å². The first-order chi connectivity index (χ1) is 8.76. The second-order valence-electron chi connectivity index (χ2n) is 3.40. The molecule has 1 N–H and O–H groups in total. The van der Waals surface area contributed by atoms with Crippen LogP contribution in [0.15, 0.2) is 18.2 Å². The lowest BCUT2D eigenvalue weighted by Gasteiger charge is -2.12. The van der Waals surface area contributed by atoms with Crippen molar-refractivity contribution in [2.75, 3.05) is 19.5 Å². The van der Waals surface area contributed by atoms with E-state index in [9.17, 15) is 22.8 Å². The van der Waals surface area contributed by atoms with Crippen molar-refractivity contribution in [1.82, 2.24) is 0 Å². The summed E-state index contributed by atoms with van der Waals surface area (Å²) < 4.78 is 45.5. The lowest BCUT2D eigenvalue weighted by atomic mass is 10.1. The number of carbonyl (C=O) groups excluding carboxylic acids is 2. The number of ether oxygens (including phenoxy) is 2. The monoisotopic (exact) mass is 277 g/mol. The topological polar surface area (TPSA) is 64.6 Å². The molecule has 104 valence electrons. The fourth-order valence-electron chi connectivity index (χ4n) is 1.33. The van der Waals surface area contributed by atoms with Gasteiger partial charge in [-0.3, -0.25) is 5.32 Å². The third-order valence-corrected chi connectivity index (χ3v) is 2.06. The van der Waals surface area contributed by atoms with Crippen LogP contribution < -0.4 is 5.32 Å². The van der Waals surface area contributed by atoms with E-state index in [0.717, 1.165) is 32.4 Å². The number of nitrogens with one attached hydrogen (secondary N) is 1. The zero-order valence-electron chi connectivity index (χ0n) is 10.00. The SMILES string of the molecule is COC(=O)c1cc(NC(F)(F)F)cc(C(=O)OC)c1. The van der Waals surface area contributed by atoms with Gasteiger partial charge < -0.3 is 9.47 Å².